The van der Waals surface area contributed by atoms with Gasteiger partial charge in [-0.3, -0.25) is 4.18 Å². The zero-order valence-corrected chi connectivity index (χ0v) is 43.3. The molecule has 4 heterocycles. The van der Waals surface area contributed by atoms with E-state index in [1.807, 2.05) is 36.4 Å². The van der Waals surface area contributed by atoms with Crippen molar-refractivity contribution in [3.05, 3.63) is 128 Å². The van der Waals surface area contributed by atoms with Crippen LogP contribution >= 0.6 is 23.2 Å². The average Bonchev–Trinajstić information content (AvgIpc) is 4.03. The highest BCUT2D eigenvalue weighted by molar-refractivity contribution is 7.86. The molecule has 8 rings (SSSR count). The monoisotopic (exact) mass is 980 g/mol. The fourth-order valence-electron chi connectivity index (χ4n) is 9.95. The quantitative estimate of drug-likeness (QED) is 0.139. The van der Waals surface area contributed by atoms with Gasteiger partial charge in [0.25, 0.3) is 10.1 Å². The highest BCUT2D eigenvalue weighted by atomic mass is 35.5. The van der Waals surface area contributed by atoms with Crippen LogP contribution < -0.4 is 4.74 Å². The lowest BCUT2D eigenvalue weighted by Gasteiger charge is -2.44. The van der Waals surface area contributed by atoms with Crippen LogP contribution in [0, 0.1) is 35.5 Å². The van der Waals surface area contributed by atoms with Gasteiger partial charge in [-0.2, -0.15) is 8.42 Å². The minimum absolute atomic E-state index is 0.113. The van der Waals surface area contributed by atoms with Gasteiger partial charge in [-0.05, 0) is 131 Å². The Kier molecular flexibility index (Phi) is 19.5. The molecule has 0 amide bonds. The third-order valence-electron chi connectivity index (χ3n) is 14.7. The van der Waals surface area contributed by atoms with Crippen LogP contribution in [0.25, 0.3) is 0 Å². The van der Waals surface area contributed by atoms with Crippen molar-refractivity contribution in [2.75, 3.05) is 32.7 Å². The average molecular weight is 982 g/mol. The van der Waals surface area contributed by atoms with Crippen LogP contribution in [0.15, 0.2) is 84.9 Å². The van der Waals surface area contributed by atoms with Crippen LogP contribution in [0.3, 0.4) is 0 Å². The lowest BCUT2D eigenvalue weighted by atomic mass is 9.74. The van der Waals surface area contributed by atoms with Gasteiger partial charge < -0.3 is 28.8 Å². The summed E-state index contributed by atoms with van der Waals surface area (Å²) in [5.41, 5.74) is 7.06. The summed E-state index contributed by atoms with van der Waals surface area (Å²) in [6, 6.07) is 28.4. The molecule has 12 heteroatoms. The smallest absolute Gasteiger partial charge is 0.264 e. The first-order valence-electron chi connectivity index (χ1n) is 24.4. The predicted molar refractivity (Wildman–Crippen MR) is 269 cm³/mol. The molecule has 67 heavy (non-hydrogen) atoms. The molecule has 4 aliphatic rings. The van der Waals surface area contributed by atoms with Crippen LogP contribution in [-0.4, -0.2) is 70.6 Å². The fraction of sp³-hybridized carbons (Fsp3) is 0.564. The summed E-state index contributed by atoms with van der Waals surface area (Å²) in [4.78, 5) is 0. The molecule has 1 N–H and O–H groups in total. The number of hydrogen-bond acceptors (Lipinski definition) is 9. The standard InChI is InChI=1S/C27H35ClO3.C23H29ClO2.C5H10O4S/c1-5-26-18(3)17(2)19(4)27(31-26)21-8-11-25(28)22(15-21)14-20-6-9-23(10-7-20)30-24-12-13-29-16-24;1-5-22-15(3)14(2)16(4)23(26-22)18-8-11-21(24)19(13-18)12-17-6-9-20(25)10-7-17;1-10(6,7)9-5-2-3-8-4-5/h6-11,15,17-19,24,26-27H,5,12-14,16H2,1-4H3;6-11,13-16,22-23,25H,5,12H2,1-4H3;5H,2-4H2,1H3/t17-,18-,19+,24-,26+,27+;14-,15-,16+,22+,23+;5-/m001/s1. The number of rotatable bonds is 12. The highest BCUT2D eigenvalue weighted by Crippen LogP contribution is 2.45. The lowest BCUT2D eigenvalue weighted by molar-refractivity contribution is -0.136. The Labute approximate surface area is 411 Å². The normalized spacial score (nSPS) is 29.6. The second kappa shape index (κ2) is 24.6. The van der Waals surface area contributed by atoms with Crippen molar-refractivity contribution in [2.24, 2.45) is 35.5 Å². The molecule has 0 radical (unpaired) electrons. The summed E-state index contributed by atoms with van der Waals surface area (Å²) in [5, 5.41) is 11.1. The van der Waals surface area contributed by atoms with E-state index >= 15 is 0 Å². The molecular weight excluding hydrogens is 908 g/mol. The van der Waals surface area contributed by atoms with Crippen molar-refractivity contribution in [1.29, 1.82) is 0 Å². The topological polar surface area (TPSA) is 110 Å². The van der Waals surface area contributed by atoms with E-state index in [9.17, 15) is 13.5 Å². The Morgan fingerprint density at radius 2 is 1.03 bits per heavy atom. The van der Waals surface area contributed by atoms with Gasteiger partial charge >= 0.3 is 0 Å². The van der Waals surface area contributed by atoms with E-state index in [1.165, 1.54) is 16.7 Å². The van der Waals surface area contributed by atoms with Gasteiger partial charge in [0.1, 0.15) is 23.7 Å². The van der Waals surface area contributed by atoms with E-state index in [0.29, 0.717) is 74.0 Å². The number of ether oxygens (including phenoxy) is 5. The van der Waals surface area contributed by atoms with Crippen LogP contribution in [-0.2, 0) is 46.1 Å². The fourth-order valence-corrected chi connectivity index (χ4v) is 11.0. The number of benzene rings is 4. The van der Waals surface area contributed by atoms with Crippen molar-refractivity contribution in [1.82, 2.24) is 0 Å². The maximum atomic E-state index is 10.5. The van der Waals surface area contributed by atoms with E-state index in [0.717, 1.165) is 77.5 Å². The summed E-state index contributed by atoms with van der Waals surface area (Å²) >= 11 is 13.1. The van der Waals surface area contributed by atoms with Gasteiger partial charge in [0, 0.05) is 29.5 Å². The van der Waals surface area contributed by atoms with Crippen molar-refractivity contribution >= 4 is 33.3 Å². The Hall–Kier alpha value is -3.19. The van der Waals surface area contributed by atoms with Crippen molar-refractivity contribution in [2.45, 2.75) is 131 Å². The zero-order valence-electron chi connectivity index (χ0n) is 41.0. The molecule has 4 saturated heterocycles. The summed E-state index contributed by atoms with van der Waals surface area (Å²) in [7, 11) is -3.29. The SMILES string of the molecule is CC[C@H]1O[C@@H](c2ccc(Cl)c(Cc3ccc(O)cc3)c2)[C@H](C)[C@@H](C)[C@@H]1C.CC[C@H]1O[C@@H](c2ccc(Cl)c(Cc3ccc(O[C@H]4CCOC4)cc3)c2)[C@H](C)[C@@H](C)[C@@H]1C.CS(=O)(=O)O[C@@H]1CCOC1. The van der Waals surface area contributed by atoms with Crippen LogP contribution in [0.5, 0.6) is 11.5 Å². The van der Waals surface area contributed by atoms with E-state index in [1.54, 1.807) is 12.1 Å². The van der Waals surface area contributed by atoms with E-state index in [-0.39, 0.29) is 30.2 Å². The van der Waals surface area contributed by atoms with Crippen LogP contribution in [0.4, 0.5) is 0 Å². The molecule has 12 atom stereocenters. The highest BCUT2D eigenvalue weighted by Gasteiger charge is 2.40. The number of aromatic hydroxyl groups is 1. The first-order valence-corrected chi connectivity index (χ1v) is 27.0. The van der Waals surface area contributed by atoms with Gasteiger partial charge in [-0.25, -0.2) is 0 Å². The predicted octanol–water partition coefficient (Wildman–Crippen LogP) is 13.0. The third kappa shape index (κ3) is 14.7. The first kappa shape index (κ1) is 53.2. The number of hydrogen-bond donors (Lipinski definition) is 1. The van der Waals surface area contributed by atoms with Gasteiger partial charge in [0.2, 0.25) is 0 Å². The number of halogens is 2. The van der Waals surface area contributed by atoms with Crippen molar-refractivity contribution in [3.8, 4) is 11.5 Å². The van der Waals surface area contributed by atoms with Crippen LogP contribution in [0.1, 0.15) is 127 Å². The summed E-state index contributed by atoms with van der Waals surface area (Å²) < 4.78 is 55.0. The van der Waals surface area contributed by atoms with Crippen molar-refractivity contribution in [3.63, 3.8) is 0 Å². The molecular formula is C55H74Cl2O9S. The Balaban J connectivity index is 0.000000185. The molecule has 4 aliphatic heterocycles. The zero-order chi connectivity index (χ0) is 48.4. The number of phenolic OH excluding ortho intramolecular Hbond substituents is 1. The minimum Gasteiger partial charge on any atom is -0.508 e. The summed E-state index contributed by atoms with van der Waals surface area (Å²) in [6.45, 7) is 20.9. The Morgan fingerprint density at radius 1 is 0.597 bits per heavy atom. The first-order chi connectivity index (χ1) is 31.9. The van der Waals surface area contributed by atoms with Gasteiger partial charge in [-0.1, -0.05) is 127 Å². The maximum absolute atomic E-state index is 10.5. The molecule has 4 fully saturated rings. The molecule has 368 valence electrons. The molecule has 9 nitrogen and oxygen atoms in total. The Bertz CT molecular complexity index is 2260. The molecule has 4 aromatic carbocycles. The van der Waals surface area contributed by atoms with Crippen LogP contribution in [0.2, 0.25) is 10.0 Å². The largest absolute Gasteiger partial charge is 0.508 e. The summed E-state index contributed by atoms with van der Waals surface area (Å²) in [6.07, 6.45) is 7.09. The second-order valence-corrected chi connectivity index (χ2v) is 21.8. The Morgan fingerprint density at radius 3 is 1.43 bits per heavy atom. The summed E-state index contributed by atoms with van der Waals surface area (Å²) in [5.74, 6) is 4.53. The second-order valence-electron chi connectivity index (χ2n) is 19.4. The van der Waals surface area contributed by atoms with Gasteiger partial charge in [0.15, 0.2) is 0 Å². The number of phenols is 1. The lowest BCUT2D eigenvalue weighted by Crippen LogP contribution is -2.40. The van der Waals surface area contributed by atoms with E-state index in [4.69, 9.17) is 46.9 Å². The molecule has 0 aliphatic carbocycles. The van der Waals surface area contributed by atoms with E-state index in [2.05, 4.69) is 96.0 Å². The molecule has 0 spiro atoms. The van der Waals surface area contributed by atoms with E-state index < -0.39 is 10.1 Å². The molecule has 0 unspecified atom stereocenters. The molecule has 0 bridgehead atoms. The third-order valence-corrected chi connectivity index (χ3v) is 16.1. The van der Waals surface area contributed by atoms with Gasteiger partial charge in [-0.15, -0.1) is 0 Å². The van der Waals surface area contributed by atoms with Crippen molar-refractivity contribution < 1.29 is 41.4 Å². The molecule has 0 saturated carbocycles. The molecule has 0 aromatic heterocycles. The maximum Gasteiger partial charge on any atom is 0.264 e. The minimum atomic E-state index is -3.29. The molecule has 4 aromatic rings. The van der Waals surface area contributed by atoms with Gasteiger partial charge in [0.05, 0.1) is 50.5 Å².